The Labute approximate surface area is 397 Å². The van der Waals surface area contributed by atoms with E-state index >= 15 is 0 Å². The molecule has 4 heterocycles. The number of amides is 6. The molecule has 4 aromatic rings. The lowest BCUT2D eigenvalue weighted by Crippen LogP contribution is -2.55. The van der Waals surface area contributed by atoms with E-state index in [4.69, 9.17) is 10.5 Å². The Morgan fingerprint density at radius 2 is 0.943 bits per heavy atom. The largest absolute Gasteiger partial charge is 0.416 e. The van der Waals surface area contributed by atoms with E-state index < -0.39 is 59.4 Å². The van der Waals surface area contributed by atoms with Crippen molar-refractivity contribution in [2.45, 2.75) is 64.0 Å². The number of rotatable bonds is 10. The lowest BCUT2D eigenvalue weighted by atomic mass is 9.88. The monoisotopic (exact) mass is 964 g/mol. The van der Waals surface area contributed by atoms with Crippen LogP contribution in [0.25, 0.3) is 0 Å². The average Bonchev–Trinajstić information content (AvgIpc) is 3.34. The summed E-state index contributed by atoms with van der Waals surface area (Å²) in [7, 11) is 0. The van der Waals surface area contributed by atoms with Crippen LogP contribution in [0.5, 0.6) is 0 Å². The van der Waals surface area contributed by atoms with Crippen LogP contribution in [0.2, 0.25) is 0 Å². The third-order valence-corrected chi connectivity index (χ3v) is 12.0. The van der Waals surface area contributed by atoms with Crippen molar-refractivity contribution in [2.75, 3.05) is 36.0 Å². The fraction of sp³-hybridized carbons (Fsp3) is 0.280. The molecule has 0 radical (unpaired) electrons. The van der Waals surface area contributed by atoms with E-state index in [1.54, 1.807) is 62.4 Å². The van der Waals surface area contributed by atoms with Gasteiger partial charge in [-0.05, 0) is 71.8 Å². The predicted molar refractivity (Wildman–Crippen MR) is 240 cm³/mol. The highest BCUT2D eigenvalue weighted by atomic mass is 19.4. The molecule has 4 aliphatic rings. The number of hydrogen-bond donors (Lipinski definition) is 2. The van der Waals surface area contributed by atoms with Crippen LogP contribution in [0, 0.1) is 22.7 Å². The van der Waals surface area contributed by atoms with Crippen LogP contribution in [-0.4, -0.2) is 71.4 Å². The molecule has 6 amide bonds. The molecule has 2 N–H and O–H groups in total. The molecule has 0 saturated carbocycles. The molecule has 0 saturated heterocycles. The number of nitriles is 2. The number of ketones is 2. The molecule has 0 unspecified atom stereocenters. The van der Waals surface area contributed by atoms with Crippen LogP contribution in [0.4, 0.5) is 47.3 Å². The minimum atomic E-state index is -4.63. The van der Waals surface area contributed by atoms with Crippen LogP contribution in [-0.2, 0) is 31.5 Å². The summed E-state index contributed by atoms with van der Waals surface area (Å²) in [5.41, 5.74) is 0.748. The standard InChI is InChI=1S/2C25H21F3N4O3/c2*1-2-19(33)14-31-22(16-8-6-15(13-29)7-9-16)21-20(10-11-30-23(21)34)32(24(31)35)18-5-3-4-17(12-18)25(26,27)28/h2*3-9,12,22H,2,10-11,14H2,1H3,(H,30,34)/t2*22-/m10/s1. The molecule has 0 fully saturated rings. The topological polar surface area (TPSA) is 187 Å². The molecule has 8 rings (SSSR count). The fourth-order valence-electron chi connectivity index (χ4n) is 8.63. The molecule has 20 heteroatoms. The lowest BCUT2D eigenvalue weighted by molar-refractivity contribution is -0.138. The zero-order chi connectivity index (χ0) is 50.7. The molecule has 2 atom stereocenters. The van der Waals surface area contributed by atoms with Gasteiger partial charge in [-0.2, -0.15) is 36.9 Å². The van der Waals surface area contributed by atoms with Crippen molar-refractivity contribution in [3.8, 4) is 12.1 Å². The molecule has 360 valence electrons. The Morgan fingerprint density at radius 3 is 1.26 bits per heavy atom. The van der Waals surface area contributed by atoms with Crippen molar-refractivity contribution >= 4 is 46.8 Å². The Morgan fingerprint density at radius 1 is 0.586 bits per heavy atom. The summed E-state index contributed by atoms with van der Waals surface area (Å²) in [5.74, 6) is -1.50. The van der Waals surface area contributed by atoms with E-state index in [2.05, 4.69) is 10.6 Å². The maximum Gasteiger partial charge on any atom is 0.416 e. The lowest BCUT2D eigenvalue weighted by Gasteiger charge is -2.45. The van der Waals surface area contributed by atoms with Gasteiger partial charge in [-0.1, -0.05) is 50.2 Å². The van der Waals surface area contributed by atoms with Gasteiger partial charge in [0.05, 0.1) is 82.1 Å². The highest BCUT2D eigenvalue weighted by Gasteiger charge is 2.47. The van der Waals surface area contributed by atoms with E-state index in [0.717, 1.165) is 34.1 Å². The summed E-state index contributed by atoms with van der Waals surface area (Å²) in [6.07, 6.45) is -8.56. The second kappa shape index (κ2) is 20.1. The highest BCUT2D eigenvalue weighted by molar-refractivity contribution is 6.08. The number of carbonyl (C=O) groups excluding carboxylic acids is 6. The number of urea groups is 2. The van der Waals surface area contributed by atoms with Gasteiger partial charge in [0, 0.05) is 50.2 Å². The van der Waals surface area contributed by atoms with Crippen molar-refractivity contribution in [3.05, 3.63) is 153 Å². The first kappa shape index (κ1) is 49.6. The molecule has 0 spiro atoms. The Hall–Kier alpha value is -8.26. The Balaban J connectivity index is 0.000000206. The van der Waals surface area contributed by atoms with Gasteiger partial charge in [0.1, 0.15) is 0 Å². The number of benzene rings is 4. The number of anilines is 2. The number of halogens is 6. The zero-order valence-electron chi connectivity index (χ0n) is 37.4. The van der Waals surface area contributed by atoms with E-state index in [1.807, 2.05) is 12.1 Å². The third kappa shape index (κ3) is 9.98. The van der Waals surface area contributed by atoms with Gasteiger partial charge in [-0.15, -0.1) is 0 Å². The van der Waals surface area contributed by atoms with Crippen LogP contribution >= 0.6 is 0 Å². The van der Waals surface area contributed by atoms with Crippen LogP contribution in [0.1, 0.15) is 85.0 Å². The molecule has 4 aliphatic heterocycles. The number of Topliss-reactive ketones (excluding diaryl/α,β-unsaturated/α-hetero) is 2. The van der Waals surface area contributed by atoms with Crippen LogP contribution in [0.3, 0.4) is 0 Å². The molecular weight excluding hydrogens is 923 g/mol. The Kier molecular flexibility index (Phi) is 14.3. The van der Waals surface area contributed by atoms with Gasteiger partial charge in [-0.25, -0.2) is 9.59 Å². The van der Waals surface area contributed by atoms with E-state index in [-0.39, 0.29) is 97.3 Å². The molecular formula is C50H42F6N8O6. The summed E-state index contributed by atoms with van der Waals surface area (Å²) < 4.78 is 80.5. The second-order valence-corrected chi connectivity index (χ2v) is 16.4. The predicted octanol–water partition coefficient (Wildman–Crippen LogP) is 8.63. The number of alkyl halides is 6. The summed E-state index contributed by atoms with van der Waals surface area (Å²) in [6.45, 7) is 3.01. The average molecular weight is 965 g/mol. The van der Waals surface area contributed by atoms with Gasteiger partial charge >= 0.3 is 24.4 Å². The highest BCUT2D eigenvalue weighted by Crippen LogP contribution is 2.45. The zero-order valence-corrected chi connectivity index (χ0v) is 37.4. The van der Waals surface area contributed by atoms with Gasteiger partial charge in [0.25, 0.3) is 11.8 Å². The molecule has 4 aromatic carbocycles. The van der Waals surface area contributed by atoms with E-state index in [9.17, 15) is 55.1 Å². The van der Waals surface area contributed by atoms with Gasteiger partial charge in [0.2, 0.25) is 0 Å². The smallest absolute Gasteiger partial charge is 0.352 e. The van der Waals surface area contributed by atoms with Crippen LogP contribution < -0.4 is 20.4 Å². The molecule has 0 aliphatic carbocycles. The normalized spacial score (nSPS) is 18.2. The summed E-state index contributed by atoms with van der Waals surface area (Å²) >= 11 is 0. The van der Waals surface area contributed by atoms with Crippen LogP contribution in [0.15, 0.2) is 120 Å². The van der Waals surface area contributed by atoms with E-state index in [0.29, 0.717) is 22.3 Å². The van der Waals surface area contributed by atoms with Gasteiger partial charge < -0.3 is 20.4 Å². The second-order valence-electron chi connectivity index (χ2n) is 16.4. The minimum absolute atomic E-state index is 0.0424. The molecule has 70 heavy (non-hydrogen) atoms. The van der Waals surface area contributed by atoms with E-state index in [1.165, 1.54) is 34.1 Å². The maximum absolute atomic E-state index is 13.8. The molecule has 0 bridgehead atoms. The first-order valence-electron chi connectivity index (χ1n) is 21.9. The number of nitrogens with zero attached hydrogens (tertiary/aromatic N) is 6. The van der Waals surface area contributed by atoms with Crippen molar-refractivity contribution in [1.29, 1.82) is 10.5 Å². The summed E-state index contributed by atoms with van der Waals surface area (Å²) in [6, 6.07) is 22.0. The van der Waals surface area contributed by atoms with Crippen molar-refractivity contribution < 1.29 is 55.1 Å². The first-order valence-corrected chi connectivity index (χ1v) is 21.9. The van der Waals surface area contributed by atoms with Gasteiger partial charge in [0.15, 0.2) is 11.6 Å². The third-order valence-electron chi connectivity index (χ3n) is 12.0. The number of hydrogen-bond acceptors (Lipinski definition) is 8. The molecule has 0 aromatic heterocycles. The quantitative estimate of drug-likeness (QED) is 0.148. The summed E-state index contributed by atoms with van der Waals surface area (Å²) in [5, 5.41) is 23.7. The Bertz CT molecular complexity index is 2720. The van der Waals surface area contributed by atoms with Crippen molar-refractivity contribution in [3.63, 3.8) is 0 Å². The first-order chi connectivity index (χ1) is 33.3. The number of nitrogens with one attached hydrogen (secondary N) is 2. The van der Waals surface area contributed by atoms with Gasteiger partial charge in [-0.3, -0.25) is 29.0 Å². The fourth-order valence-corrected chi connectivity index (χ4v) is 8.63. The minimum Gasteiger partial charge on any atom is -0.352 e. The maximum atomic E-state index is 13.8. The number of carbonyl (C=O) groups is 6. The van der Waals surface area contributed by atoms with Crippen molar-refractivity contribution in [2.24, 2.45) is 0 Å². The van der Waals surface area contributed by atoms with Crippen molar-refractivity contribution in [1.82, 2.24) is 20.4 Å². The SMILES string of the molecule is CCC(=O)CN1C(=O)N(c2cccc(C(F)(F)F)c2)C2=C(C(=O)NCC2)[C@@H]1c1ccc(C#N)cc1.CCC(=O)CN1C(=O)N(c2cccc(C(F)(F)F)c2)C2=C(C(=O)NCC2)[C@H]1c1ccc(C#N)cc1. The summed E-state index contributed by atoms with van der Waals surface area (Å²) in [4.78, 5) is 83.3. The molecule has 14 nitrogen and oxygen atoms in total.